The predicted molar refractivity (Wildman–Crippen MR) is 138 cm³/mol. The highest BCUT2D eigenvalue weighted by Crippen LogP contribution is 2.31. The molecule has 8 nitrogen and oxygen atoms in total. The van der Waals surface area contributed by atoms with E-state index in [2.05, 4.69) is 10.2 Å². The second-order valence-corrected chi connectivity index (χ2v) is 7.21. The first-order valence-corrected chi connectivity index (χ1v) is 10.5. The first kappa shape index (κ1) is 29.2. The van der Waals surface area contributed by atoms with Gasteiger partial charge < -0.3 is 29.5 Å². The van der Waals surface area contributed by atoms with Crippen LogP contribution in [0.25, 0.3) is 0 Å². The molecule has 1 N–H and O–H groups in total. The van der Waals surface area contributed by atoms with Gasteiger partial charge in [-0.25, -0.2) is 0 Å². The molecule has 178 valence electrons. The fourth-order valence-electron chi connectivity index (χ4n) is 3.22. The zero-order valence-electron chi connectivity index (χ0n) is 20.3. The third-order valence-electron chi connectivity index (χ3n) is 5.01. The van der Waals surface area contributed by atoms with Crippen LogP contribution in [-0.2, 0) is 4.79 Å². The van der Waals surface area contributed by atoms with Crippen molar-refractivity contribution in [3.05, 3.63) is 23.8 Å². The van der Waals surface area contributed by atoms with Crippen molar-refractivity contribution in [1.82, 2.24) is 20.0 Å². The number of nitrogens with one attached hydrogen (secondary N) is 1. The standard InChI is InChI=1S/C22H39N5O3.HI/c1-9-23-22(26(6)16-21(28)27(10-2)11-3)24-15-18(25(4)5)17-12-13-19(29-7)20(14-17)30-8;/h12-14,18H,9-11,15-16H2,1-8H3,(H,23,24);1H. The minimum absolute atomic E-state index is 0. The molecule has 0 aromatic heterocycles. The predicted octanol–water partition coefficient (Wildman–Crippen LogP) is 2.69. The average Bonchev–Trinajstić information content (AvgIpc) is 2.73. The van der Waals surface area contributed by atoms with Crippen LogP contribution in [0.4, 0.5) is 0 Å². The van der Waals surface area contributed by atoms with Crippen molar-refractivity contribution in [2.45, 2.75) is 26.8 Å². The van der Waals surface area contributed by atoms with E-state index in [0.29, 0.717) is 37.1 Å². The molecule has 0 saturated heterocycles. The molecule has 0 aliphatic rings. The lowest BCUT2D eigenvalue weighted by atomic mass is 10.1. The minimum atomic E-state index is 0. The Labute approximate surface area is 205 Å². The molecule has 0 spiro atoms. The molecule has 0 aliphatic carbocycles. The van der Waals surface area contributed by atoms with E-state index in [1.807, 2.05) is 69.9 Å². The minimum Gasteiger partial charge on any atom is -0.493 e. The Kier molecular flexibility index (Phi) is 14.3. The summed E-state index contributed by atoms with van der Waals surface area (Å²) in [7, 11) is 9.21. The average molecular weight is 549 g/mol. The number of hydrogen-bond donors (Lipinski definition) is 1. The maximum absolute atomic E-state index is 12.5. The van der Waals surface area contributed by atoms with Crippen LogP contribution in [0.1, 0.15) is 32.4 Å². The van der Waals surface area contributed by atoms with Gasteiger partial charge >= 0.3 is 0 Å². The van der Waals surface area contributed by atoms with E-state index in [9.17, 15) is 4.79 Å². The highest BCUT2D eigenvalue weighted by atomic mass is 127. The van der Waals surface area contributed by atoms with E-state index >= 15 is 0 Å². The first-order chi connectivity index (χ1) is 14.3. The van der Waals surface area contributed by atoms with E-state index in [0.717, 1.165) is 12.1 Å². The number of rotatable bonds is 11. The molecule has 1 unspecified atom stereocenters. The molecule has 1 rings (SSSR count). The number of aliphatic imine (C=N–C) groups is 1. The zero-order chi connectivity index (χ0) is 22.7. The Morgan fingerprint density at radius 2 is 1.68 bits per heavy atom. The molecule has 31 heavy (non-hydrogen) atoms. The van der Waals surface area contributed by atoms with Crippen molar-refractivity contribution >= 4 is 35.8 Å². The summed E-state index contributed by atoms with van der Waals surface area (Å²) in [6.07, 6.45) is 0. The van der Waals surface area contributed by atoms with Crippen LogP contribution in [0.15, 0.2) is 23.2 Å². The highest BCUT2D eigenvalue weighted by molar-refractivity contribution is 14.0. The molecule has 0 saturated carbocycles. The SMILES string of the molecule is CCNC(=NCC(c1ccc(OC)c(OC)c1)N(C)C)N(C)CC(=O)N(CC)CC.I. The van der Waals surface area contributed by atoms with Crippen LogP contribution >= 0.6 is 24.0 Å². The number of amides is 1. The Balaban J connectivity index is 0.00000900. The lowest BCUT2D eigenvalue weighted by Crippen LogP contribution is -2.46. The monoisotopic (exact) mass is 549 g/mol. The largest absolute Gasteiger partial charge is 0.493 e. The van der Waals surface area contributed by atoms with Crippen molar-refractivity contribution in [3.8, 4) is 11.5 Å². The van der Waals surface area contributed by atoms with Gasteiger partial charge in [-0.15, -0.1) is 24.0 Å². The number of carbonyl (C=O) groups excluding carboxylic acids is 1. The number of benzene rings is 1. The van der Waals surface area contributed by atoms with Crippen molar-refractivity contribution in [2.75, 3.05) is 68.1 Å². The van der Waals surface area contributed by atoms with Gasteiger partial charge in [0.2, 0.25) is 5.91 Å². The molecule has 9 heteroatoms. The summed E-state index contributed by atoms with van der Waals surface area (Å²) in [5.74, 6) is 2.20. The van der Waals surface area contributed by atoms with Gasteiger partial charge in [0.05, 0.1) is 33.4 Å². The first-order valence-electron chi connectivity index (χ1n) is 10.5. The number of nitrogens with zero attached hydrogens (tertiary/aromatic N) is 4. The van der Waals surface area contributed by atoms with Crippen LogP contribution in [0.5, 0.6) is 11.5 Å². The Bertz CT molecular complexity index is 696. The topological polar surface area (TPSA) is 69.6 Å². The van der Waals surface area contributed by atoms with Crippen LogP contribution < -0.4 is 14.8 Å². The smallest absolute Gasteiger partial charge is 0.242 e. The summed E-state index contributed by atoms with van der Waals surface area (Å²) in [6, 6.07) is 5.97. The lowest BCUT2D eigenvalue weighted by molar-refractivity contribution is -0.131. The van der Waals surface area contributed by atoms with Gasteiger partial charge in [-0.2, -0.15) is 0 Å². The number of halogens is 1. The third kappa shape index (κ3) is 8.72. The Hall–Kier alpha value is -1.75. The molecule has 0 fully saturated rings. The zero-order valence-corrected chi connectivity index (χ0v) is 22.6. The molecular weight excluding hydrogens is 509 g/mol. The summed E-state index contributed by atoms with van der Waals surface area (Å²) < 4.78 is 10.8. The molecule has 1 amide bonds. The number of guanidine groups is 1. The van der Waals surface area contributed by atoms with E-state index < -0.39 is 0 Å². The molecule has 0 radical (unpaired) electrons. The second kappa shape index (κ2) is 15.1. The van der Waals surface area contributed by atoms with Crippen LogP contribution in [0.3, 0.4) is 0 Å². The molecule has 1 atom stereocenters. The molecule has 0 aliphatic heterocycles. The molecule has 0 bridgehead atoms. The van der Waals surface area contributed by atoms with Crippen molar-refractivity contribution in [3.63, 3.8) is 0 Å². The summed E-state index contributed by atoms with van der Waals surface area (Å²) in [4.78, 5) is 23.1. The van der Waals surface area contributed by atoms with E-state index in [-0.39, 0.29) is 42.5 Å². The van der Waals surface area contributed by atoms with Gasteiger partial charge in [0.15, 0.2) is 17.5 Å². The molecule has 0 heterocycles. The second-order valence-electron chi connectivity index (χ2n) is 7.21. The maximum atomic E-state index is 12.5. The van der Waals surface area contributed by atoms with E-state index in [1.54, 1.807) is 14.2 Å². The lowest BCUT2D eigenvalue weighted by Gasteiger charge is -2.27. The fourth-order valence-corrected chi connectivity index (χ4v) is 3.22. The van der Waals surface area contributed by atoms with Crippen LogP contribution in [0, 0.1) is 0 Å². The van der Waals surface area contributed by atoms with Gasteiger partial charge in [-0.05, 0) is 52.6 Å². The van der Waals surface area contributed by atoms with Gasteiger partial charge in [0.1, 0.15) is 0 Å². The highest BCUT2D eigenvalue weighted by Gasteiger charge is 2.19. The summed E-state index contributed by atoms with van der Waals surface area (Å²) >= 11 is 0. The van der Waals surface area contributed by atoms with E-state index in [1.165, 1.54) is 0 Å². The van der Waals surface area contributed by atoms with Crippen molar-refractivity contribution < 1.29 is 14.3 Å². The Morgan fingerprint density at radius 3 is 2.16 bits per heavy atom. The molecular formula is C22H40IN5O3. The fraction of sp³-hybridized carbons (Fsp3) is 0.636. The van der Waals surface area contributed by atoms with E-state index in [4.69, 9.17) is 14.5 Å². The number of carbonyl (C=O) groups is 1. The Morgan fingerprint density at radius 1 is 1.06 bits per heavy atom. The third-order valence-corrected chi connectivity index (χ3v) is 5.01. The normalized spacial score (nSPS) is 12.1. The van der Waals surface area contributed by atoms with Gasteiger partial charge in [-0.1, -0.05) is 6.07 Å². The quantitative estimate of drug-likeness (QED) is 0.260. The number of methoxy groups -OCH3 is 2. The van der Waals surface area contributed by atoms with Crippen molar-refractivity contribution in [1.29, 1.82) is 0 Å². The van der Waals surface area contributed by atoms with Gasteiger partial charge in [0.25, 0.3) is 0 Å². The summed E-state index contributed by atoms with van der Waals surface area (Å²) in [6.45, 7) is 8.97. The van der Waals surface area contributed by atoms with Crippen LogP contribution in [-0.4, -0.2) is 94.7 Å². The summed E-state index contributed by atoms with van der Waals surface area (Å²) in [5, 5.41) is 3.29. The summed E-state index contributed by atoms with van der Waals surface area (Å²) in [5.41, 5.74) is 1.08. The van der Waals surface area contributed by atoms with Gasteiger partial charge in [0, 0.05) is 26.7 Å². The number of ether oxygens (including phenoxy) is 2. The number of likely N-dealkylation sites (N-methyl/N-ethyl adjacent to an activating group) is 3. The molecule has 1 aromatic rings. The molecule has 1 aromatic carbocycles. The van der Waals surface area contributed by atoms with Gasteiger partial charge in [-0.3, -0.25) is 9.79 Å². The number of hydrogen-bond acceptors (Lipinski definition) is 5. The maximum Gasteiger partial charge on any atom is 0.242 e. The van der Waals surface area contributed by atoms with Crippen molar-refractivity contribution in [2.24, 2.45) is 4.99 Å². The van der Waals surface area contributed by atoms with Crippen LogP contribution in [0.2, 0.25) is 0 Å².